The first-order valence-electron chi connectivity index (χ1n) is 11.3. The van der Waals surface area contributed by atoms with Crippen LogP contribution in [-0.2, 0) is 32.1 Å². The fraction of sp³-hybridized carbons (Fsp3) is 0.500. The first-order chi connectivity index (χ1) is 15.2. The molecule has 7 heteroatoms. The van der Waals surface area contributed by atoms with Gasteiger partial charge in [-0.2, -0.15) is 0 Å². The maximum atomic E-state index is 13.5. The molecule has 1 atom stereocenters. The number of hydrogen-bond acceptors (Lipinski definition) is 4. The lowest BCUT2D eigenvalue weighted by molar-refractivity contribution is -0.139. The lowest BCUT2D eigenvalue weighted by Gasteiger charge is -2.29. The van der Waals surface area contributed by atoms with E-state index in [1.807, 2.05) is 6.07 Å². The molecule has 6 nitrogen and oxygen atoms in total. The Morgan fingerprint density at radius 1 is 1.06 bits per heavy atom. The molecule has 0 spiro atoms. The highest BCUT2D eigenvalue weighted by atomic mass is 32.2. The number of ether oxygens (including phenoxy) is 1. The van der Waals surface area contributed by atoms with E-state index in [1.54, 1.807) is 24.3 Å². The van der Waals surface area contributed by atoms with Crippen molar-refractivity contribution in [1.82, 2.24) is 4.72 Å². The van der Waals surface area contributed by atoms with E-state index in [-0.39, 0.29) is 15.7 Å². The van der Waals surface area contributed by atoms with Crippen molar-refractivity contribution in [3.8, 4) is 5.75 Å². The average Bonchev–Trinajstić information content (AvgIpc) is 2.70. The number of carbonyl (C=O) groups is 1. The van der Waals surface area contributed by atoms with Crippen molar-refractivity contribution >= 4 is 16.0 Å². The Hall–Kier alpha value is -2.38. The van der Waals surface area contributed by atoms with Crippen molar-refractivity contribution in [3.63, 3.8) is 0 Å². The van der Waals surface area contributed by atoms with Gasteiger partial charge in [0.15, 0.2) is 6.61 Å². The van der Waals surface area contributed by atoms with Crippen LogP contribution in [0.5, 0.6) is 5.75 Å². The topological polar surface area (TPSA) is 92.7 Å². The highest BCUT2D eigenvalue weighted by Gasteiger charge is 2.30. The van der Waals surface area contributed by atoms with Gasteiger partial charge in [-0.15, -0.1) is 0 Å². The summed E-state index contributed by atoms with van der Waals surface area (Å²) in [5, 5.41) is 8.95. The third kappa shape index (κ3) is 5.95. The molecule has 3 rings (SSSR count). The number of nitrogens with one attached hydrogen (secondary N) is 1. The molecule has 0 aliphatic heterocycles. The van der Waals surface area contributed by atoms with E-state index in [9.17, 15) is 13.2 Å². The highest BCUT2D eigenvalue weighted by Crippen LogP contribution is 2.37. The van der Waals surface area contributed by atoms with Crippen LogP contribution in [0.3, 0.4) is 0 Å². The minimum Gasteiger partial charge on any atom is -0.482 e. The molecule has 1 aliphatic rings. The number of benzene rings is 2. The van der Waals surface area contributed by atoms with E-state index < -0.39 is 28.6 Å². The molecule has 0 amide bonds. The third-order valence-electron chi connectivity index (χ3n) is 6.06. The Labute approximate surface area is 197 Å². The van der Waals surface area contributed by atoms with Crippen molar-refractivity contribution in [2.24, 2.45) is 0 Å². The molecule has 33 heavy (non-hydrogen) atoms. The van der Waals surface area contributed by atoms with Crippen LogP contribution in [-0.4, -0.2) is 26.1 Å². The average molecular weight is 474 g/mol. The Balaban J connectivity index is 1.99. The molecule has 2 N–H and O–H groups in total. The van der Waals surface area contributed by atoms with Crippen LogP contribution in [0.2, 0.25) is 0 Å². The molecule has 0 saturated heterocycles. The Morgan fingerprint density at radius 3 is 2.21 bits per heavy atom. The molecule has 0 aromatic heterocycles. The zero-order valence-corrected chi connectivity index (χ0v) is 21.2. The normalized spacial score (nSPS) is 16.8. The molecule has 0 unspecified atom stereocenters. The molecule has 0 bridgehead atoms. The fourth-order valence-corrected chi connectivity index (χ4v) is 5.41. The van der Waals surface area contributed by atoms with Crippen molar-refractivity contribution in [3.05, 3.63) is 58.7 Å². The Bertz CT molecular complexity index is 1110. The van der Waals surface area contributed by atoms with Gasteiger partial charge in [0.25, 0.3) is 0 Å². The molecule has 180 valence electrons. The number of rotatable bonds is 6. The molecule has 0 fully saturated rings. The van der Waals surface area contributed by atoms with Crippen LogP contribution in [0, 0.1) is 0 Å². The Kier molecular flexibility index (Phi) is 6.97. The van der Waals surface area contributed by atoms with Gasteiger partial charge in [0.05, 0.1) is 4.90 Å². The van der Waals surface area contributed by atoms with Crippen LogP contribution in [0.4, 0.5) is 0 Å². The lowest BCUT2D eigenvalue weighted by atomic mass is 9.81. The minimum atomic E-state index is -3.79. The first-order valence-corrected chi connectivity index (χ1v) is 12.8. The lowest BCUT2D eigenvalue weighted by Crippen LogP contribution is -2.32. The molecule has 1 aliphatic carbocycles. The van der Waals surface area contributed by atoms with Crippen molar-refractivity contribution in [1.29, 1.82) is 0 Å². The summed E-state index contributed by atoms with van der Waals surface area (Å²) in [5.74, 6) is -0.544. The summed E-state index contributed by atoms with van der Waals surface area (Å²) < 4.78 is 35.5. The van der Waals surface area contributed by atoms with Crippen molar-refractivity contribution < 1.29 is 23.1 Å². The van der Waals surface area contributed by atoms with E-state index in [2.05, 4.69) is 52.3 Å². The van der Waals surface area contributed by atoms with E-state index in [0.717, 1.165) is 35.1 Å². The van der Waals surface area contributed by atoms with Gasteiger partial charge in [0.1, 0.15) is 5.75 Å². The SMILES string of the molecule is CC(C)(C)c1cc(C(C)(C)C)cc(S(=O)(=O)N[C@@H]2CCCc3c(OCC(=O)O)cccc32)c1. The van der Waals surface area contributed by atoms with E-state index >= 15 is 0 Å². The summed E-state index contributed by atoms with van der Waals surface area (Å²) >= 11 is 0. The zero-order valence-electron chi connectivity index (χ0n) is 20.4. The van der Waals surface area contributed by atoms with Gasteiger partial charge in [-0.25, -0.2) is 17.9 Å². The number of aliphatic carboxylic acids is 1. The number of hydrogen-bond donors (Lipinski definition) is 2. The van der Waals surface area contributed by atoms with Crippen LogP contribution in [0.25, 0.3) is 0 Å². The van der Waals surface area contributed by atoms with Gasteiger partial charge >= 0.3 is 5.97 Å². The summed E-state index contributed by atoms with van der Waals surface area (Å²) in [4.78, 5) is 11.2. The van der Waals surface area contributed by atoms with Crippen molar-refractivity contribution in [2.75, 3.05) is 6.61 Å². The zero-order chi connectivity index (χ0) is 24.6. The number of carboxylic acid groups (broad SMARTS) is 1. The van der Waals surface area contributed by atoms with Gasteiger partial charge in [-0.05, 0) is 70.5 Å². The predicted octanol–water partition coefficient (Wildman–Crippen LogP) is 5.10. The monoisotopic (exact) mass is 473 g/mol. The minimum absolute atomic E-state index is 0.195. The predicted molar refractivity (Wildman–Crippen MR) is 129 cm³/mol. The Morgan fingerprint density at radius 2 is 1.67 bits per heavy atom. The standard InChI is InChI=1S/C26H35NO5S/c1-25(2,3)17-13-18(26(4,5)6)15-19(14-17)33(30,31)27-22-11-7-10-21-20(22)9-8-12-23(21)32-16-24(28)29/h8-9,12-15,22,27H,7,10-11,16H2,1-6H3,(H,28,29)/t22-/m1/s1. The van der Waals surface area contributed by atoms with E-state index in [0.29, 0.717) is 12.2 Å². The maximum absolute atomic E-state index is 13.5. The first kappa shape index (κ1) is 25.2. The summed E-state index contributed by atoms with van der Waals surface area (Å²) in [5.41, 5.74) is 3.28. The second-order valence-electron chi connectivity index (χ2n) is 10.8. The van der Waals surface area contributed by atoms with Crippen LogP contribution >= 0.6 is 0 Å². The second kappa shape index (κ2) is 9.11. The van der Waals surface area contributed by atoms with Gasteiger partial charge in [0, 0.05) is 6.04 Å². The largest absolute Gasteiger partial charge is 0.482 e. The molecule has 0 radical (unpaired) electrons. The van der Waals surface area contributed by atoms with E-state index in [1.165, 1.54) is 0 Å². The summed E-state index contributed by atoms with van der Waals surface area (Å²) in [7, 11) is -3.79. The van der Waals surface area contributed by atoms with Gasteiger partial charge in [-0.1, -0.05) is 59.7 Å². The molecule has 0 saturated carbocycles. The maximum Gasteiger partial charge on any atom is 0.341 e. The van der Waals surface area contributed by atoms with Crippen LogP contribution in [0.15, 0.2) is 41.3 Å². The summed E-state index contributed by atoms with van der Waals surface area (Å²) in [6.07, 6.45) is 2.17. The second-order valence-corrected chi connectivity index (χ2v) is 12.5. The molecular weight excluding hydrogens is 438 g/mol. The fourth-order valence-electron chi connectivity index (χ4n) is 4.09. The number of carboxylic acids is 1. The molecule has 0 heterocycles. The molecule has 2 aromatic carbocycles. The van der Waals surface area contributed by atoms with E-state index in [4.69, 9.17) is 9.84 Å². The van der Waals surface area contributed by atoms with Crippen molar-refractivity contribution in [2.45, 2.75) is 82.6 Å². The summed E-state index contributed by atoms with van der Waals surface area (Å²) in [6, 6.07) is 10.6. The summed E-state index contributed by atoms with van der Waals surface area (Å²) in [6.45, 7) is 12.0. The number of sulfonamides is 1. The van der Waals surface area contributed by atoms with Gasteiger partial charge < -0.3 is 9.84 Å². The smallest absolute Gasteiger partial charge is 0.341 e. The van der Waals surface area contributed by atoms with Gasteiger partial charge in [0.2, 0.25) is 10.0 Å². The van der Waals surface area contributed by atoms with Gasteiger partial charge in [-0.3, -0.25) is 0 Å². The quantitative estimate of drug-likeness (QED) is 0.609. The van der Waals surface area contributed by atoms with Crippen LogP contribution < -0.4 is 9.46 Å². The third-order valence-corrected chi connectivity index (χ3v) is 7.51. The number of fused-ring (bicyclic) bond motifs is 1. The highest BCUT2D eigenvalue weighted by molar-refractivity contribution is 7.89. The van der Waals surface area contributed by atoms with Crippen LogP contribution in [0.1, 0.15) is 82.7 Å². The molecular formula is C26H35NO5S. The molecule has 2 aromatic rings.